The molecule has 0 saturated heterocycles. The van der Waals surface area contributed by atoms with E-state index in [0.29, 0.717) is 5.15 Å². The van der Waals surface area contributed by atoms with E-state index >= 15 is 0 Å². The molecule has 54 valence electrons. The van der Waals surface area contributed by atoms with Crippen LogP contribution in [0.3, 0.4) is 0 Å². The van der Waals surface area contributed by atoms with Crippen molar-refractivity contribution in [3.8, 4) is 0 Å². The molecule has 0 aliphatic carbocycles. The van der Waals surface area contributed by atoms with Crippen LogP contribution in [-0.4, -0.2) is 4.98 Å². The van der Waals surface area contributed by atoms with E-state index in [4.69, 9.17) is 34.8 Å². The van der Waals surface area contributed by atoms with Gasteiger partial charge in [-0.2, -0.15) is 0 Å². The molecule has 1 aromatic rings. The number of aromatic nitrogens is 1. The van der Waals surface area contributed by atoms with Gasteiger partial charge in [0.05, 0.1) is 0 Å². The Balaban J connectivity index is 2.89. The lowest BCUT2D eigenvalue weighted by Crippen LogP contribution is -1.82. The van der Waals surface area contributed by atoms with Crippen LogP contribution in [0, 0.1) is 0 Å². The maximum atomic E-state index is 5.54. The van der Waals surface area contributed by atoms with Crippen LogP contribution in [0.25, 0.3) is 0 Å². The molecule has 0 atom stereocenters. The fraction of sp³-hybridized carbons (Fsp3) is 0.167. The van der Waals surface area contributed by atoms with Gasteiger partial charge in [0, 0.05) is 11.8 Å². The molecule has 0 saturated carbocycles. The third-order valence-electron chi connectivity index (χ3n) is 1.00. The van der Waals surface area contributed by atoms with E-state index < -0.39 is 4.84 Å². The molecule has 1 nitrogen and oxygen atoms in total. The lowest BCUT2D eigenvalue weighted by molar-refractivity contribution is 1.23. The summed E-state index contributed by atoms with van der Waals surface area (Å²) in [5.74, 6) is 0. The fourth-order valence-corrected chi connectivity index (χ4v) is 0.886. The second kappa shape index (κ2) is 3.42. The first-order valence-electron chi connectivity index (χ1n) is 2.60. The van der Waals surface area contributed by atoms with Crippen molar-refractivity contribution in [1.29, 1.82) is 0 Å². The maximum absolute atomic E-state index is 5.54. The van der Waals surface area contributed by atoms with Gasteiger partial charge in [0.15, 0.2) is 0 Å². The lowest BCUT2D eigenvalue weighted by Gasteiger charge is -1.98. The zero-order chi connectivity index (χ0) is 7.56. The second-order valence-corrected chi connectivity index (χ2v) is 3.20. The molecule has 1 aromatic heterocycles. The summed E-state index contributed by atoms with van der Waals surface area (Å²) in [7, 11) is 0. The Kier molecular flexibility index (Phi) is 2.78. The van der Waals surface area contributed by atoms with Gasteiger partial charge in [-0.25, -0.2) is 4.98 Å². The molecule has 1 rings (SSSR count). The standard InChI is InChI=1S/C6H4Cl3N/c7-5-2-1-4(3-10-5)6(8)9/h1-3,6H. The Labute approximate surface area is 73.9 Å². The summed E-state index contributed by atoms with van der Waals surface area (Å²) < 4.78 is 0. The Morgan fingerprint density at radius 1 is 1.30 bits per heavy atom. The smallest absolute Gasteiger partial charge is 0.134 e. The molecule has 0 bridgehead atoms. The van der Waals surface area contributed by atoms with Crippen molar-refractivity contribution < 1.29 is 0 Å². The van der Waals surface area contributed by atoms with Crippen LogP contribution in [0.15, 0.2) is 18.3 Å². The maximum Gasteiger partial charge on any atom is 0.134 e. The first-order valence-corrected chi connectivity index (χ1v) is 3.85. The SMILES string of the molecule is Clc1ccc(C(Cl)Cl)cn1. The van der Waals surface area contributed by atoms with E-state index in [-0.39, 0.29) is 0 Å². The first-order chi connectivity index (χ1) is 4.70. The molecule has 0 aliphatic heterocycles. The molecule has 10 heavy (non-hydrogen) atoms. The van der Waals surface area contributed by atoms with Crippen LogP contribution in [0.4, 0.5) is 0 Å². The van der Waals surface area contributed by atoms with Crippen molar-refractivity contribution in [1.82, 2.24) is 4.98 Å². The van der Waals surface area contributed by atoms with Crippen LogP contribution < -0.4 is 0 Å². The summed E-state index contributed by atoms with van der Waals surface area (Å²) in [4.78, 5) is 3.27. The van der Waals surface area contributed by atoms with Crippen molar-refractivity contribution in [3.63, 3.8) is 0 Å². The minimum atomic E-state index is -0.523. The number of halogens is 3. The Hall–Kier alpha value is 0.0200. The predicted molar refractivity (Wildman–Crippen MR) is 43.7 cm³/mol. The molecule has 0 amide bonds. The third kappa shape index (κ3) is 2.01. The monoisotopic (exact) mass is 195 g/mol. The lowest BCUT2D eigenvalue weighted by atomic mass is 10.3. The van der Waals surface area contributed by atoms with Gasteiger partial charge in [0.25, 0.3) is 0 Å². The normalized spacial score (nSPS) is 10.4. The average molecular weight is 196 g/mol. The summed E-state index contributed by atoms with van der Waals surface area (Å²) in [5.41, 5.74) is 0.757. The van der Waals surface area contributed by atoms with Gasteiger partial charge in [0.2, 0.25) is 0 Å². The second-order valence-electron chi connectivity index (χ2n) is 1.71. The van der Waals surface area contributed by atoms with Crippen LogP contribution in [0.1, 0.15) is 10.4 Å². The van der Waals surface area contributed by atoms with Gasteiger partial charge in [-0.1, -0.05) is 17.7 Å². The van der Waals surface area contributed by atoms with Crippen LogP contribution in [-0.2, 0) is 0 Å². The number of hydrogen-bond donors (Lipinski definition) is 0. The van der Waals surface area contributed by atoms with Crippen molar-refractivity contribution >= 4 is 34.8 Å². The van der Waals surface area contributed by atoms with Crippen molar-refractivity contribution in [3.05, 3.63) is 29.0 Å². The molecule has 0 spiro atoms. The highest BCUT2D eigenvalue weighted by Gasteiger charge is 2.01. The van der Waals surface area contributed by atoms with Gasteiger partial charge in [-0.3, -0.25) is 0 Å². The summed E-state index contributed by atoms with van der Waals surface area (Å²) in [6, 6.07) is 3.38. The van der Waals surface area contributed by atoms with Gasteiger partial charge >= 0.3 is 0 Å². The number of pyridine rings is 1. The largest absolute Gasteiger partial charge is 0.244 e. The Morgan fingerprint density at radius 2 is 2.00 bits per heavy atom. The predicted octanol–water partition coefficient (Wildman–Crippen LogP) is 3.21. The Morgan fingerprint density at radius 3 is 2.40 bits per heavy atom. The van der Waals surface area contributed by atoms with Crippen LogP contribution in [0.5, 0.6) is 0 Å². The van der Waals surface area contributed by atoms with Crippen molar-refractivity contribution in [2.75, 3.05) is 0 Å². The molecule has 1 heterocycles. The van der Waals surface area contributed by atoms with E-state index in [1.165, 1.54) is 0 Å². The topological polar surface area (TPSA) is 12.9 Å². The van der Waals surface area contributed by atoms with Crippen LogP contribution >= 0.6 is 34.8 Å². The molecular formula is C6H4Cl3N. The highest BCUT2D eigenvalue weighted by Crippen LogP contribution is 2.23. The van der Waals surface area contributed by atoms with Gasteiger partial charge in [-0.15, -0.1) is 23.2 Å². The quantitative estimate of drug-likeness (QED) is 0.496. The van der Waals surface area contributed by atoms with E-state index in [0.717, 1.165) is 5.56 Å². The molecule has 4 heteroatoms. The molecule has 0 aromatic carbocycles. The zero-order valence-corrected chi connectivity index (χ0v) is 7.16. The molecule has 0 radical (unpaired) electrons. The first kappa shape index (κ1) is 8.12. The molecule has 0 unspecified atom stereocenters. The van der Waals surface area contributed by atoms with Gasteiger partial charge in [-0.05, 0) is 6.07 Å². The number of alkyl halides is 2. The van der Waals surface area contributed by atoms with E-state index in [9.17, 15) is 0 Å². The number of nitrogens with zero attached hydrogens (tertiary/aromatic N) is 1. The summed E-state index contributed by atoms with van der Waals surface area (Å²) in [5, 5.41) is 0.442. The Bertz CT molecular complexity index is 207. The number of hydrogen-bond acceptors (Lipinski definition) is 1. The molecule has 0 fully saturated rings. The molecule has 0 aliphatic rings. The van der Waals surface area contributed by atoms with E-state index in [1.54, 1.807) is 18.3 Å². The minimum absolute atomic E-state index is 0.442. The van der Waals surface area contributed by atoms with Gasteiger partial charge < -0.3 is 0 Å². The highest BCUT2D eigenvalue weighted by molar-refractivity contribution is 6.44. The number of rotatable bonds is 1. The van der Waals surface area contributed by atoms with Crippen molar-refractivity contribution in [2.45, 2.75) is 4.84 Å². The average Bonchev–Trinajstić information content (AvgIpc) is 1.88. The van der Waals surface area contributed by atoms with E-state index in [2.05, 4.69) is 4.98 Å². The van der Waals surface area contributed by atoms with E-state index in [1.807, 2.05) is 0 Å². The zero-order valence-electron chi connectivity index (χ0n) is 4.89. The summed E-state index contributed by atoms with van der Waals surface area (Å²) in [6.45, 7) is 0. The fourth-order valence-electron chi connectivity index (χ4n) is 0.516. The highest BCUT2D eigenvalue weighted by atomic mass is 35.5. The molecule has 0 N–H and O–H groups in total. The van der Waals surface area contributed by atoms with Crippen LogP contribution in [0.2, 0.25) is 5.15 Å². The van der Waals surface area contributed by atoms with Crippen molar-refractivity contribution in [2.24, 2.45) is 0 Å². The third-order valence-corrected chi connectivity index (χ3v) is 1.73. The summed E-state index contributed by atoms with van der Waals surface area (Å²) in [6.07, 6.45) is 1.55. The molecular weight excluding hydrogens is 192 g/mol. The summed E-state index contributed by atoms with van der Waals surface area (Å²) >= 11 is 16.6. The van der Waals surface area contributed by atoms with Gasteiger partial charge in [0.1, 0.15) is 9.99 Å². The minimum Gasteiger partial charge on any atom is -0.244 e.